The molecule has 0 atom stereocenters. The molecule has 0 N–H and O–H groups in total. The quantitative estimate of drug-likeness (QED) is 0.430. The number of rotatable bonds is 4. The summed E-state index contributed by atoms with van der Waals surface area (Å²) in [6, 6.07) is 6.13. The van der Waals surface area contributed by atoms with E-state index >= 15 is 0 Å². The maximum atomic E-state index is 10.5. The van der Waals surface area contributed by atoms with E-state index in [0.717, 1.165) is 0 Å². The van der Waals surface area contributed by atoms with Gasteiger partial charge in [-0.25, -0.2) is 0 Å². The fraction of sp³-hybridized carbons (Fsp3) is 0.182. The van der Waals surface area contributed by atoms with Crippen LogP contribution in [0.15, 0.2) is 29.8 Å². The molecule has 0 spiro atoms. The maximum absolute atomic E-state index is 10.5. The summed E-state index contributed by atoms with van der Waals surface area (Å²) >= 11 is 0. The molecule has 0 heterocycles. The van der Waals surface area contributed by atoms with Crippen molar-refractivity contribution in [2.45, 2.75) is 13.3 Å². The number of hydrogen-bond acceptors (Lipinski definition) is 3. The Balaban J connectivity index is 3.05. The van der Waals surface area contributed by atoms with Crippen molar-refractivity contribution < 1.29 is 9.72 Å². The lowest BCUT2D eigenvalue weighted by Crippen LogP contribution is -1.88. The highest BCUT2D eigenvalue weighted by Gasteiger charge is 2.04. The molecule has 1 aromatic rings. The van der Waals surface area contributed by atoms with E-state index in [-0.39, 0.29) is 5.69 Å². The third-order valence-corrected chi connectivity index (χ3v) is 1.93. The Bertz CT molecular complexity index is 410. The molecule has 0 aliphatic rings. The lowest BCUT2D eigenvalue weighted by molar-refractivity contribution is -0.384. The minimum absolute atomic E-state index is 0.0186. The number of nitro groups is 1. The largest absolute Gasteiger partial charge is 0.285 e. The Kier molecular flexibility index (Phi) is 3.74. The van der Waals surface area contributed by atoms with Crippen molar-refractivity contribution in [3.05, 3.63) is 45.5 Å². The van der Waals surface area contributed by atoms with Gasteiger partial charge in [-0.1, -0.05) is 19.1 Å². The van der Waals surface area contributed by atoms with Gasteiger partial charge in [0.25, 0.3) is 5.69 Å². The molecule has 0 saturated heterocycles. The fourth-order valence-corrected chi connectivity index (χ4v) is 1.13. The third kappa shape index (κ3) is 3.02. The van der Waals surface area contributed by atoms with E-state index in [0.29, 0.717) is 17.6 Å². The zero-order valence-electron chi connectivity index (χ0n) is 8.27. The molecule has 1 rings (SSSR count). The van der Waals surface area contributed by atoms with Crippen LogP contribution in [0.5, 0.6) is 0 Å². The first kappa shape index (κ1) is 11.1. The van der Waals surface area contributed by atoms with Crippen molar-refractivity contribution in [1.82, 2.24) is 0 Å². The maximum Gasteiger partial charge on any atom is 0.270 e. The summed E-state index contributed by atoms with van der Waals surface area (Å²) in [4.78, 5) is 20.5. The topological polar surface area (TPSA) is 60.2 Å². The number of benzene rings is 1. The zero-order chi connectivity index (χ0) is 11.3. The Hall–Kier alpha value is -1.97. The molecular formula is C11H10NO3. The first-order valence-corrected chi connectivity index (χ1v) is 4.50. The zero-order valence-corrected chi connectivity index (χ0v) is 8.27. The molecule has 15 heavy (non-hydrogen) atoms. The molecule has 0 saturated carbocycles. The smallest absolute Gasteiger partial charge is 0.270 e. The Morgan fingerprint density at radius 2 is 2.33 bits per heavy atom. The first-order valence-electron chi connectivity index (χ1n) is 4.50. The third-order valence-electron chi connectivity index (χ3n) is 1.93. The van der Waals surface area contributed by atoms with Gasteiger partial charge in [0.1, 0.15) is 0 Å². The van der Waals surface area contributed by atoms with Crippen LogP contribution in [0.25, 0.3) is 6.08 Å². The minimum atomic E-state index is -0.465. The van der Waals surface area contributed by atoms with Crippen LogP contribution in [0, 0.1) is 10.1 Å². The van der Waals surface area contributed by atoms with Crippen molar-refractivity contribution in [2.75, 3.05) is 0 Å². The van der Waals surface area contributed by atoms with Gasteiger partial charge in [-0.15, -0.1) is 0 Å². The van der Waals surface area contributed by atoms with Crippen LogP contribution in [0.4, 0.5) is 5.69 Å². The Morgan fingerprint density at radius 3 is 2.87 bits per heavy atom. The SMILES string of the molecule is CCC([C]=O)=Cc1cccc([N+](=O)[O-])c1. The van der Waals surface area contributed by atoms with Gasteiger partial charge >= 0.3 is 0 Å². The summed E-state index contributed by atoms with van der Waals surface area (Å²) in [5, 5.41) is 10.5. The number of allylic oxidation sites excluding steroid dienone is 1. The molecule has 1 radical (unpaired) electrons. The highest BCUT2D eigenvalue weighted by atomic mass is 16.6. The van der Waals surface area contributed by atoms with Crippen molar-refractivity contribution in [3.63, 3.8) is 0 Å². The van der Waals surface area contributed by atoms with Crippen LogP contribution >= 0.6 is 0 Å². The standard InChI is InChI=1S/C11H10NO3/c1-2-9(8-13)6-10-4-3-5-11(7-10)12(14)15/h3-7H,2H2,1H3. The van der Waals surface area contributed by atoms with Gasteiger partial charge in [0.05, 0.1) is 4.92 Å². The van der Waals surface area contributed by atoms with Gasteiger partial charge in [-0.2, -0.15) is 0 Å². The van der Waals surface area contributed by atoms with Crippen LogP contribution in [-0.2, 0) is 4.79 Å². The van der Waals surface area contributed by atoms with Crippen LogP contribution < -0.4 is 0 Å². The van der Waals surface area contributed by atoms with Gasteiger partial charge < -0.3 is 0 Å². The molecule has 0 unspecified atom stereocenters. The van der Waals surface area contributed by atoms with Gasteiger partial charge in [0, 0.05) is 17.7 Å². The molecular weight excluding hydrogens is 194 g/mol. The second-order valence-corrected chi connectivity index (χ2v) is 2.98. The predicted molar refractivity (Wildman–Crippen MR) is 57.1 cm³/mol. The fourth-order valence-electron chi connectivity index (χ4n) is 1.13. The number of nitrogens with zero attached hydrogens (tertiary/aromatic N) is 1. The summed E-state index contributed by atoms with van der Waals surface area (Å²) in [7, 11) is 0. The van der Waals surface area contributed by atoms with E-state index in [1.165, 1.54) is 12.1 Å². The average Bonchev–Trinajstić information content (AvgIpc) is 2.26. The summed E-state index contributed by atoms with van der Waals surface area (Å²) < 4.78 is 0. The molecule has 0 amide bonds. The van der Waals surface area contributed by atoms with E-state index in [1.54, 1.807) is 24.5 Å². The summed E-state index contributed by atoms with van der Waals surface area (Å²) in [6.45, 7) is 1.83. The number of non-ortho nitro benzene ring substituents is 1. The number of hydrogen-bond donors (Lipinski definition) is 0. The molecule has 0 aliphatic heterocycles. The second-order valence-electron chi connectivity index (χ2n) is 2.98. The second kappa shape index (κ2) is 5.05. The molecule has 4 nitrogen and oxygen atoms in total. The molecule has 77 valence electrons. The van der Waals surface area contributed by atoms with Crippen molar-refractivity contribution >= 4 is 18.0 Å². The molecule has 0 aliphatic carbocycles. The Labute approximate surface area is 87.4 Å². The first-order chi connectivity index (χ1) is 7.17. The predicted octanol–water partition coefficient (Wildman–Crippen LogP) is 2.50. The van der Waals surface area contributed by atoms with E-state index in [1.807, 2.05) is 6.92 Å². The molecule has 0 fully saturated rings. The van der Waals surface area contributed by atoms with Crippen molar-refractivity contribution in [3.8, 4) is 0 Å². The van der Waals surface area contributed by atoms with E-state index in [9.17, 15) is 14.9 Å². The van der Waals surface area contributed by atoms with E-state index in [2.05, 4.69) is 0 Å². The lowest BCUT2D eigenvalue weighted by Gasteiger charge is -1.96. The number of carbonyl (C=O) groups excluding carboxylic acids is 1. The summed E-state index contributed by atoms with van der Waals surface area (Å²) in [6.07, 6.45) is 3.95. The highest BCUT2D eigenvalue weighted by molar-refractivity contribution is 5.82. The van der Waals surface area contributed by atoms with Crippen molar-refractivity contribution in [1.29, 1.82) is 0 Å². The molecule has 1 aromatic carbocycles. The van der Waals surface area contributed by atoms with Crippen LogP contribution in [0.1, 0.15) is 18.9 Å². The van der Waals surface area contributed by atoms with Crippen LogP contribution in [0.2, 0.25) is 0 Å². The Morgan fingerprint density at radius 1 is 1.60 bits per heavy atom. The normalized spacial score (nSPS) is 11.1. The average molecular weight is 204 g/mol. The monoisotopic (exact) mass is 204 g/mol. The lowest BCUT2D eigenvalue weighted by atomic mass is 10.1. The van der Waals surface area contributed by atoms with Crippen LogP contribution in [0.3, 0.4) is 0 Å². The summed E-state index contributed by atoms with van der Waals surface area (Å²) in [5.74, 6) is 0. The molecule has 4 heteroatoms. The van der Waals surface area contributed by atoms with E-state index in [4.69, 9.17) is 0 Å². The molecule has 0 bridgehead atoms. The minimum Gasteiger partial charge on any atom is -0.285 e. The molecule has 0 aromatic heterocycles. The number of nitro benzene ring substituents is 1. The van der Waals surface area contributed by atoms with Gasteiger partial charge in [-0.05, 0) is 18.1 Å². The van der Waals surface area contributed by atoms with E-state index < -0.39 is 4.92 Å². The highest BCUT2D eigenvalue weighted by Crippen LogP contribution is 2.15. The van der Waals surface area contributed by atoms with Gasteiger partial charge in [0.15, 0.2) is 0 Å². The van der Waals surface area contributed by atoms with Gasteiger partial charge in [0.2, 0.25) is 6.29 Å². The van der Waals surface area contributed by atoms with Gasteiger partial charge in [-0.3, -0.25) is 14.9 Å². The van der Waals surface area contributed by atoms with Crippen LogP contribution in [-0.4, -0.2) is 11.2 Å². The van der Waals surface area contributed by atoms with Crippen molar-refractivity contribution in [2.24, 2.45) is 0 Å². The summed E-state index contributed by atoms with van der Waals surface area (Å²) in [5.41, 5.74) is 1.16.